The van der Waals surface area contributed by atoms with Crippen LogP contribution >= 0.6 is 11.6 Å². The zero-order valence-electron chi connectivity index (χ0n) is 18.8. The van der Waals surface area contributed by atoms with E-state index in [9.17, 15) is 14.4 Å². The van der Waals surface area contributed by atoms with E-state index in [1.807, 2.05) is 36.6 Å². The molecule has 1 aromatic heterocycles. The highest BCUT2D eigenvalue weighted by molar-refractivity contribution is 6.30. The zero-order chi connectivity index (χ0) is 24.2. The van der Waals surface area contributed by atoms with Gasteiger partial charge in [0.05, 0.1) is 6.54 Å². The number of carbonyl (C=O) groups is 3. The molecule has 1 atom stereocenters. The van der Waals surface area contributed by atoms with Crippen molar-refractivity contribution in [1.82, 2.24) is 14.8 Å². The Kier molecular flexibility index (Phi) is 5.13. The Labute approximate surface area is 201 Å². The molecule has 1 N–H and O–H groups in total. The fourth-order valence-electron chi connectivity index (χ4n) is 4.53. The maximum Gasteiger partial charge on any atom is 0.325 e. The molecule has 3 aromatic rings. The number of Topliss-reactive ketones (excluding diaryl/α,β-unsaturated/α-hetero) is 1. The number of benzene rings is 2. The van der Waals surface area contributed by atoms with Crippen molar-refractivity contribution in [3.8, 4) is 17.2 Å². The van der Waals surface area contributed by atoms with Crippen LogP contribution in [0.5, 0.6) is 11.5 Å². The Morgan fingerprint density at radius 2 is 1.85 bits per heavy atom. The summed E-state index contributed by atoms with van der Waals surface area (Å²) in [5.41, 5.74) is 2.03. The number of urea groups is 1. The Morgan fingerprint density at radius 3 is 2.62 bits per heavy atom. The molecule has 3 amide bonds. The lowest BCUT2D eigenvalue weighted by atomic mass is 9.91. The molecule has 0 unspecified atom stereocenters. The molecular weight excluding hydrogens is 458 g/mol. The van der Waals surface area contributed by atoms with E-state index in [0.29, 0.717) is 33.3 Å². The van der Waals surface area contributed by atoms with E-state index in [0.717, 1.165) is 16.3 Å². The maximum absolute atomic E-state index is 13.3. The van der Waals surface area contributed by atoms with E-state index in [1.54, 1.807) is 37.3 Å². The van der Waals surface area contributed by atoms with E-state index in [1.165, 1.54) is 0 Å². The number of nitrogens with one attached hydrogen (secondary N) is 1. The van der Waals surface area contributed by atoms with E-state index in [-0.39, 0.29) is 19.1 Å². The molecule has 0 saturated carbocycles. The molecule has 0 bridgehead atoms. The number of nitrogens with zero attached hydrogens (tertiary/aromatic N) is 2. The number of aryl methyl sites for hydroxylation is 1. The van der Waals surface area contributed by atoms with Crippen molar-refractivity contribution in [2.75, 3.05) is 13.3 Å². The minimum Gasteiger partial charge on any atom is -0.454 e. The summed E-state index contributed by atoms with van der Waals surface area (Å²) < 4.78 is 12.6. The quantitative estimate of drug-likeness (QED) is 0.439. The minimum atomic E-state index is -1.32. The van der Waals surface area contributed by atoms with Gasteiger partial charge in [-0.3, -0.25) is 14.5 Å². The number of hydrogen-bond donors (Lipinski definition) is 1. The van der Waals surface area contributed by atoms with Crippen molar-refractivity contribution in [2.24, 2.45) is 0 Å². The average molecular weight is 480 g/mol. The summed E-state index contributed by atoms with van der Waals surface area (Å²) in [4.78, 5) is 40.3. The lowest BCUT2D eigenvalue weighted by molar-refractivity contribution is -0.130. The normalized spacial score (nSPS) is 19.0. The smallest absolute Gasteiger partial charge is 0.325 e. The number of aromatic nitrogens is 1. The van der Waals surface area contributed by atoms with Gasteiger partial charge in [-0.1, -0.05) is 23.7 Å². The molecule has 0 spiro atoms. The first kappa shape index (κ1) is 22.0. The van der Waals surface area contributed by atoms with Gasteiger partial charge in [0.2, 0.25) is 6.79 Å². The molecule has 2 aromatic carbocycles. The van der Waals surface area contributed by atoms with Crippen molar-refractivity contribution in [3.05, 3.63) is 76.1 Å². The van der Waals surface area contributed by atoms with Gasteiger partial charge in [-0.05, 0) is 62.7 Å². The van der Waals surface area contributed by atoms with Crippen LogP contribution in [0.4, 0.5) is 4.79 Å². The third kappa shape index (κ3) is 3.42. The first-order valence-corrected chi connectivity index (χ1v) is 11.1. The van der Waals surface area contributed by atoms with Crippen molar-refractivity contribution >= 4 is 29.3 Å². The van der Waals surface area contributed by atoms with Crippen molar-refractivity contribution < 1.29 is 23.9 Å². The van der Waals surface area contributed by atoms with Gasteiger partial charge in [-0.2, -0.15) is 0 Å². The summed E-state index contributed by atoms with van der Waals surface area (Å²) in [7, 11) is 0. The van der Waals surface area contributed by atoms with Gasteiger partial charge >= 0.3 is 6.03 Å². The predicted octanol–water partition coefficient (Wildman–Crippen LogP) is 4.13. The SMILES string of the molecule is Cc1cc(C(=O)CN2C(=O)N[C@](C)(c3ccc4c(c3)OCO4)C2=O)c(C)n1-c1cccc(Cl)c1. The lowest BCUT2D eigenvalue weighted by Crippen LogP contribution is -2.41. The van der Waals surface area contributed by atoms with Crippen molar-refractivity contribution in [2.45, 2.75) is 26.3 Å². The molecule has 0 aliphatic carbocycles. The monoisotopic (exact) mass is 479 g/mol. The van der Waals surface area contributed by atoms with Crippen LogP contribution in [-0.4, -0.2) is 40.5 Å². The highest BCUT2D eigenvalue weighted by Crippen LogP contribution is 2.38. The number of imide groups is 1. The molecule has 174 valence electrons. The number of fused-ring (bicyclic) bond motifs is 1. The zero-order valence-corrected chi connectivity index (χ0v) is 19.6. The summed E-state index contributed by atoms with van der Waals surface area (Å²) in [6.45, 7) is 5.05. The number of ketones is 1. The fourth-order valence-corrected chi connectivity index (χ4v) is 4.71. The third-order valence-electron chi connectivity index (χ3n) is 6.32. The highest BCUT2D eigenvalue weighted by atomic mass is 35.5. The Morgan fingerprint density at radius 1 is 1.09 bits per heavy atom. The lowest BCUT2D eigenvalue weighted by Gasteiger charge is -2.22. The van der Waals surface area contributed by atoms with Gasteiger partial charge in [0.15, 0.2) is 17.3 Å². The number of carbonyl (C=O) groups excluding carboxylic acids is 3. The molecule has 5 rings (SSSR count). The number of rotatable bonds is 5. The summed E-state index contributed by atoms with van der Waals surface area (Å²) >= 11 is 6.14. The largest absolute Gasteiger partial charge is 0.454 e. The summed E-state index contributed by atoms with van der Waals surface area (Å²) in [6.07, 6.45) is 0. The second-order valence-corrected chi connectivity index (χ2v) is 8.97. The molecule has 9 heteroatoms. The van der Waals surface area contributed by atoms with Gasteiger partial charge in [-0.25, -0.2) is 4.79 Å². The fraction of sp³-hybridized carbons (Fsp3) is 0.240. The summed E-state index contributed by atoms with van der Waals surface area (Å²) in [6, 6.07) is 13.5. The van der Waals surface area contributed by atoms with Crippen LogP contribution in [0, 0.1) is 13.8 Å². The minimum absolute atomic E-state index is 0.101. The first-order valence-electron chi connectivity index (χ1n) is 10.7. The van der Waals surface area contributed by atoms with E-state index in [2.05, 4.69) is 5.32 Å². The second kappa shape index (κ2) is 7.92. The van der Waals surface area contributed by atoms with Crippen LogP contribution in [0.2, 0.25) is 5.02 Å². The van der Waals surface area contributed by atoms with Gasteiger partial charge in [0.25, 0.3) is 5.91 Å². The second-order valence-electron chi connectivity index (χ2n) is 8.54. The Bertz CT molecular complexity index is 1360. The van der Waals surface area contributed by atoms with Crippen molar-refractivity contribution in [1.29, 1.82) is 0 Å². The molecular formula is C25H22ClN3O5. The number of hydrogen-bond acceptors (Lipinski definition) is 5. The average Bonchev–Trinajstić information content (AvgIpc) is 3.45. The van der Waals surface area contributed by atoms with Gasteiger partial charge in [-0.15, -0.1) is 0 Å². The van der Waals surface area contributed by atoms with E-state index >= 15 is 0 Å². The molecule has 1 saturated heterocycles. The van der Waals surface area contributed by atoms with E-state index < -0.39 is 17.5 Å². The summed E-state index contributed by atoms with van der Waals surface area (Å²) in [5.74, 6) is 0.239. The number of ether oxygens (including phenoxy) is 2. The Hall–Kier alpha value is -3.78. The molecule has 2 aliphatic heterocycles. The van der Waals surface area contributed by atoms with Crippen LogP contribution < -0.4 is 14.8 Å². The van der Waals surface area contributed by atoms with Crippen LogP contribution in [0.15, 0.2) is 48.5 Å². The van der Waals surface area contributed by atoms with Gasteiger partial charge in [0, 0.05) is 27.7 Å². The summed E-state index contributed by atoms with van der Waals surface area (Å²) in [5, 5.41) is 3.31. The first-order chi connectivity index (χ1) is 16.2. The van der Waals surface area contributed by atoms with Crippen LogP contribution in [0.1, 0.15) is 34.2 Å². The molecule has 8 nitrogen and oxygen atoms in total. The molecule has 0 radical (unpaired) electrons. The van der Waals surface area contributed by atoms with Gasteiger partial charge in [0.1, 0.15) is 5.54 Å². The van der Waals surface area contributed by atoms with Crippen LogP contribution in [0.3, 0.4) is 0 Å². The van der Waals surface area contributed by atoms with Gasteiger partial charge < -0.3 is 19.4 Å². The predicted molar refractivity (Wildman–Crippen MR) is 125 cm³/mol. The highest BCUT2D eigenvalue weighted by Gasteiger charge is 2.50. The van der Waals surface area contributed by atoms with Crippen LogP contribution in [-0.2, 0) is 10.3 Å². The maximum atomic E-state index is 13.3. The third-order valence-corrected chi connectivity index (χ3v) is 6.56. The number of halogens is 1. The number of amides is 3. The molecule has 34 heavy (non-hydrogen) atoms. The topological polar surface area (TPSA) is 89.9 Å². The molecule has 3 heterocycles. The Balaban J connectivity index is 1.41. The standard InChI is InChI=1S/C25H22ClN3O5/c1-14-9-19(15(2)29(14)18-6-4-5-17(26)11-18)20(30)12-28-23(31)25(3,27-24(28)32)16-7-8-21-22(10-16)34-13-33-21/h4-11H,12-13H2,1-3H3,(H,27,32)/t25-/m1/s1. The van der Waals surface area contributed by atoms with Crippen LogP contribution in [0.25, 0.3) is 5.69 Å². The molecule has 2 aliphatic rings. The van der Waals surface area contributed by atoms with E-state index in [4.69, 9.17) is 21.1 Å². The van der Waals surface area contributed by atoms with Crippen molar-refractivity contribution in [3.63, 3.8) is 0 Å². The molecule has 1 fully saturated rings.